The molecule has 1 aromatic heterocycles. The Hall–Kier alpha value is -2.30. The van der Waals surface area contributed by atoms with Crippen molar-refractivity contribution in [3.05, 3.63) is 35.0 Å². The van der Waals surface area contributed by atoms with E-state index in [-0.39, 0.29) is 11.9 Å². The second kappa shape index (κ2) is 5.41. The minimum Gasteiger partial charge on any atom is -0.465 e. The summed E-state index contributed by atoms with van der Waals surface area (Å²) in [6.07, 6.45) is 4.04. The van der Waals surface area contributed by atoms with Crippen LogP contribution in [0.3, 0.4) is 0 Å². The highest BCUT2D eigenvalue weighted by Crippen LogP contribution is 2.33. The molecule has 2 aromatic rings. The fourth-order valence-corrected chi connectivity index (χ4v) is 3.62. The van der Waals surface area contributed by atoms with Crippen LogP contribution in [0.5, 0.6) is 0 Å². The highest BCUT2D eigenvalue weighted by molar-refractivity contribution is 6.04. The van der Waals surface area contributed by atoms with Gasteiger partial charge < -0.3 is 14.6 Å². The molecule has 5 nitrogen and oxygen atoms in total. The molecule has 120 valence electrons. The van der Waals surface area contributed by atoms with Crippen LogP contribution < -0.4 is 0 Å². The molecule has 0 radical (unpaired) electrons. The summed E-state index contributed by atoms with van der Waals surface area (Å²) in [5.74, 6) is 0.185. The molecule has 5 heteroatoms. The molecule has 1 amide bonds. The molecule has 0 bridgehead atoms. The van der Waals surface area contributed by atoms with Crippen LogP contribution in [0.15, 0.2) is 18.2 Å². The smallest absolute Gasteiger partial charge is 0.339 e. The van der Waals surface area contributed by atoms with E-state index in [0.29, 0.717) is 18.0 Å². The number of para-hydroxylation sites is 1. The Kier molecular flexibility index (Phi) is 3.36. The van der Waals surface area contributed by atoms with Crippen molar-refractivity contribution in [2.24, 2.45) is 5.92 Å². The van der Waals surface area contributed by atoms with Crippen LogP contribution in [0, 0.1) is 5.92 Å². The Morgan fingerprint density at radius 3 is 2.83 bits per heavy atom. The predicted octanol–water partition coefficient (Wildman–Crippen LogP) is 2.64. The summed E-state index contributed by atoms with van der Waals surface area (Å²) in [6, 6.07) is 5.65. The van der Waals surface area contributed by atoms with Crippen LogP contribution in [-0.2, 0) is 22.5 Å². The lowest BCUT2D eigenvalue weighted by atomic mass is 9.84. The van der Waals surface area contributed by atoms with Gasteiger partial charge in [0.1, 0.15) is 0 Å². The van der Waals surface area contributed by atoms with Gasteiger partial charge in [-0.15, -0.1) is 0 Å². The molecule has 1 saturated carbocycles. The number of rotatable bonds is 2. The monoisotopic (exact) mass is 312 g/mol. The summed E-state index contributed by atoms with van der Waals surface area (Å²) in [5.41, 5.74) is 3.65. The molecule has 23 heavy (non-hydrogen) atoms. The fourth-order valence-electron chi connectivity index (χ4n) is 3.62. The Balaban J connectivity index is 1.71. The molecule has 4 rings (SSSR count). The lowest BCUT2D eigenvalue weighted by molar-refractivity contribution is -0.139. The zero-order chi connectivity index (χ0) is 16.0. The number of methoxy groups -OCH3 is 1. The summed E-state index contributed by atoms with van der Waals surface area (Å²) in [6.45, 7) is 1.39. The molecule has 0 unspecified atom stereocenters. The molecule has 2 heterocycles. The molecular weight excluding hydrogens is 292 g/mol. The summed E-state index contributed by atoms with van der Waals surface area (Å²) < 4.78 is 4.87. The van der Waals surface area contributed by atoms with Gasteiger partial charge in [-0.3, -0.25) is 4.79 Å². The Morgan fingerprint density at radius 1 is 1.30 bits per heavy atom. The Bertz CT molecular complexity index is 789. The number of aromatic nitrogens is 1. The standard InChI is InChI=1S/C18H20N2O3/c1-23-18(22)13-7-3-6-12-14-10-20(17(21)11-4-2-5-11)9-8-15(14)19-16(12)13/h3,6-7,11,19H,2,4-5,8-10H2,1H3. The largest absolute Gasteiger partial charge is 0.465 e. The molecule has 1 aliphatic carbocycles. The van der Waals surface area contributed by atoms with Gasteiger partial charge in [0.15, 0.2) is 0 Å². The van der Waals surface area contributed by atoms with Crippen molar-refractivity contribution in [3.63, 3.8) is 0 Å². The molecule has 0 saturated heterocycles. The average molecular weight is 312 g/mol. The predicted molar refractivity (Wildman–Crippen MR) is 86.1 cm³/mol. The van der Waals surface area contributed by atoms with Crippen molar-refractivity contribution >= 4 is 22.8 Å². The number of benzene rings is 1. The Morgan fingerprint density at radius 2 is 2.13 bits per heavy atom. The minimum atomic E-state index is -0.336. The van der Waals surface area contributed by atoms with Gasteiger partial charge in [0.25, 0.3) is 0 Å². The van der Waals surface area contributed by atoms with Crippen molar-refractivity contribution in [1.29, 1.82) is 0 Å². The number of fused-ring (bicyclic) bond motifs is 3. The second-order valence-electron chi connectivity index (χ2n) is 6.44. The molecule has 0 spiro atoms. The number of hydrogen-bond acceptors (Lipinski definition) is 3. The summed E-state index contributed by atoms with van der Waals surface area (Å²) in [7, 11) is 1.39. The lowest BCUT2D eigenvalue weighted by Gasteiger charge is -2.34. The fraction of sp³-hybridized carbons (Fsp3) is 0.444. The lowest BCUT2D eigenvalue weighted by Crippen LogP contribution is -2.41. The average Bonchev–Trinajstić information content (AvgIpc) is 2.90. The maximum Gasteiger partial charge on any atom is 0.339 e. The third-order valence-electron chi connectivity index (χ3n) is 5.18. The van der Waals surface area contributed by atoms with Crippen LogP contribution in [0.1, 0.15) is 40.9 Å². The summed E-state index contributed by atoms with van der Waals surface area (Å²) >= 11 is 0. The van der Waals surface area contributed by atoms with Crippen LogP contribution >= 0.6 is 0 Å². The van der Waals surface area contributed by atoms with Crippen LogP contribution in [0.2, 0.25) is 0 Å². The number of H-pyrrole nitrogens is 1. The SMILES string of the molecule is COC(=O)c1cccc2c3c([nH]c12)CCN(C(=O)C1CCC1)C3. The molecule has 1 aromatic carbocycles. The highest BCUT2D eigenvalue weighted by atomic mass is 16.5. The quantitative estimate of drug-likeness (QED) is 0.867. The maximum atomic E-state index is 12.5. The number of nitrogens with one attached hydrogen (secondary N) is 1. The number of nitrogens with zero attached hydrogens (tertiary/aromatic N) is 1. The van der Waals surface area contributed by atoms with Gasteiger partial charge in [0, 0.05) is 42.1 Å². The van der Waals surface area contributed by atoms with Gasteiger partial charge in [-0.25, -0.2) is 4.79 Å². The van der Waals surface area contributed by atoms with Crippen LogP contribution in [0.25, 0.3) is 10.9 Å². The molecule has 1 aliphatic heterocycles. The zero-order valence-corrected chi connectivity index (χ0v) is 13.2. The molecule has 2 aliphatic rings. The van der Waals surface area contributed by atoms with Crippen molar-refractivity contribution in [2.45, 2.75) is 32.2 Å². The topological polar surface area (TPSA) is 62.4 Å². The van der Waals surface area contributed by atoms with E-state index in [2.05, 4.69) is 4.98 Å². The molecule has 1 fully saturated rings. The number of ether oxygens (including phenoxy) is 1. The highest BCUT2D eigenvalue weighted by Gasteiger charge is 2.32. The number of esters is 1. The number of carbonyl (C=O) groups is 2. The van der Waals surface area contributed by atoms with E-state index in [1.54, 1.807) is 6.07 Å². The molecule has 1 N–H and O–H groups in total. The summed E-state index contributed by atoms with van der Waals surface area (Å²) in [5, 5.41) is 1.02. The van der Waals surface area contributed by atoms with Crippen LogP contribution in [0.4, 0.5) is 0 Å². The van der Waals surface area contributed by atoms with Crippen molar-refractivity contribution < 1.29 is 14.3 Å². The number of amides is 1. The first-order valence-electron chi connectivity index (χ1n) is 8.18. The van der Waals surface area contributed by atoms with Crippen molar-refractivity contribution in [1.82, 2.24) is 9.88 Å². The first-order valence-corrected chi connectivity index (χ1v) is 8.18. The normalized spacial score (nSPS) is 17.7. The van der Waals surface area contributed by atoms with Crippen LogP contribution in [-0.4, -0.2) is 35.4 Å². The Labute approximate surface area is 134 Å². The van der Waals surface area contributed by atoms with Gasteiger partial charge in [0.05, 0.1) is 18.2 Å². The van der Waals surface area contributed by atoms with Crippen molar-refractivity contribution in [3.8, 4) is 0 Å². The van der Waals surface area contributed by atoms with E-state index in [0.717, 1.165) is 48.0 Å². The number of carbonyl (C=O) groups excluding carboxylic acids is 2. The van der Waals surface area contributed by atoms with Gasteiger partial charge in [-0.05, 0) is 18.9 Å². The maximum absolute atomic E-state index is 12.5. The third-order valence-corrected chi connectivity index (χ3v) is 5.18. The summed E-state index contributed by atoms with van der Waals surface area (Å²) in [4.78, 5) is 29.8. The molecule has 0 atom stereocenters. The van der Waals surface area contributed by atoms with E-state index < -0.39 is 0 Å². The van der Waals surface area contributed by atoms with E-state index >= 15 is 0 Å². The zero-order valence-electron chi connectivity index (χ0n) is 13.2. The number of hydrogen-bond donors (Lipinski definition) is 1. The van der Waals surface area contributed by atoms with E-state index in [1.165, 1.54) is 13.5 Å². The van der Waals surface area contributed by atoms with Gasteiger partial charge in [-0.2, -0.15) is 0 Å². The number of aromatic amines is 1. The van der Waals surface area contributed by atoms with Gasteiger partial charge in [0.2, 0.25) is 5.91 Å². The third kappa shape index (κ3) is 2.22. The van der Waals surface area contributed by atoms with E-state index in [9.17, 15) is 9.59 Å². The first-order chi connectivity index (χ1) is 11.2. The minimum absolute atomic E-state index is 0.229. The van der Waals surface area contributed by atoms with E-state index in [4.69, 9.17) is 4.74 Å². The van der Waals surface area contributed by atoms with E-state index in [1.807, 2.05) is 17.0 Å². The second-order valence-corrected chi connectivity index (χ2v) is 6.44. The molecular formula is C18H20N2O3. The van der Waals surface area contributed by atoms with Crippen molar-refractivity contribution in [2.75, 3.05) is 13.7 Å². The van der Waals surface area contributed by atoms with Gasteiger partial charge >= 0.3 is 5.97 Å². The van der Waals surface area contributed by atoms with Gasteiger partial charge in [-0.1, -0.05) is 18.6 Å². The first kappa shape index (κ1) is 14.3.